The van der Waals surface area contributed by atoms with Crippen molar-refractivity contribution in [2.45, 2.75) is 32.2 Å². The Hall–Kier alpha value is -1.35. The predicted molar refractivity (Wildman–Crippen MR) is 127 cm³/mol. The molecule has 1 aromatic carbocycles. The zero-order chi connectivity index (χ0) is 19.7. The number of halogens is 1. The molecule has 1 amide bonds. The second-order valence-corrected chi connectivity index (χ2v) is 8.09. The molecule has 1 saturated carbocycles. The van der Waals surface area contributed by atoms with Crippen molar-refractivity contribution >= 4 is 35.8 Å². The van der Waals surface area contributed by atoms with Gasteiger partial charge in [-0.15, -0.1) is 24.0 Å². The van der Waals surface area contributed by atoms with Crippen molar-refractivity contribution in [3.63, 3.8) is 0 Å². The zero-order valence-electron chi connectivity index (χ0n) is 17.7. The number of nitrogens with one attached hydrogen (secondary N) is 2. The summed E-state index contributed by atoms with van der Waals surface area (Å²) in [5.74, 6) is 0.743. The summed E-state index contributed by atoms with van der Waals surface area (Å²) < 4.78 is 0. The fourth-order valence-corrected chi connectivity index (χ4v) is 3.70. The quantitative estimate of drug-likeness (QED) is 0.327. The van der Waals surface area contributed by atoms with Gasteiger partial charge >= 0.3 is 0 Å². The van der Waals surface area contributed by atoms with Crippen molar-refractivity contribution in [1.82, 2.24) is 20.4 Å². The lowest BCUT2D eigenvalue weighted by atomic mass is 9.85. The maximum Gasteiger partial charge on any atom is 0.241 e. The third-order valence-electron chi connectivity index (χ3n) is 5.12. The SMILES string of the molecule is CN(C)CC1(CNC(=NCc2ccccc2)NCC(=O)N(C)C)CCCC1.I. The zero-order valence-corrected chi connectivity index (χ0v) is 20.0. The van der Waals surface area contributed by atoms with Gasteiger partial charge in [0.15, 0.2) is 5.96 Å². The van der Waals surface area contributed by atoms with Gasteiger partial charge in [-0.2, -0.15) is 0 Å². The third-order valence-corrected chi connectivity index (χ3v) is 5.12. The van der Waals surface area contributed by atoms with Crippen LogP contribution in [-0.4, -0.2) is 69.5 Å². The van der Waals surface area contributed by atoms with Gasteiger partial charge in [0, 0.05) is 32.6 Å². The van der Waals surface area contributed by atoms with Crippen LogP contribution in [-0.2, 0) is 11.3 Å². The van der Waals surface area contributed by atoms with E-state index < -0.39 is 0 Å². The van der Waals surface area contributed by atoms with E-state index in [9.17, 15) is 4.79 Å². The molecule has 1 fully saturated rings. The molecule has 158 valence electrons. The third kappa shape index (κ3) is 8.34. The number of amides is 1. The molecule has 1 aliphatic carbocycles. The Bertz CT molecular complexity index is 612. The van der Waals surface area contributed by atoms with Gasteiger partial charge in [-0.05, 0) is 32.5 Å². The summed E-state index contributed by atoms with van der Waals surface area (Å²) in [5.41, 5.74) is 1.44. The van der Waals surface area contributed by atoms with E-state index in [1.54, 1.807) is 19.0 Å². The smallest absolute Gasteiger partial charge is 0.241 e. The Morgan fingerprint density at radius 1 is 1.07 bits per heavy atom. The van der Waals surface area contributed by atoms with Gasteiger partial charge in [-0.25, -0.2) is 4.99 Å². The molecule has 0 heterocycles. The first-order chi connectivity index (χ1) is 12.9. The molecule has 0 bridgehead atoms. The molecule has 1 aromatic rings. The predicted octanol–water partition coefficient (Wildman–Crippen LogP) is 2.55. The fraction of sp³-hybridized carbons (Fsp3) is 0.619. The minimum atomic E-state index is 0. The lowest BCUT2D eigenvalue weighted by Gasteiger charge is -2.33. The number of aliphatic imine (C=N–C) groups is 1. The second kappa shape index (κ2) is 12.3. The first-order valence-corrected chi connectivity index (χ1v) is 9.81. The van der Waals surface area contributed by atoms with Gasteiger partial charge < -0.3 is 20.4 Å². The number of rotatable bonds is 8. The molecule has 0 saturated heterocycles. The van der Waals surface area contributed by atoms with Gasteiger partial charge in [-0.3, -0.25) is 4.79 Å². The number of nitrogens with zero attached hydrogens (tertiary/aromatic N) is 3. The highest BCUT2D eigenvalue weighted by molar-refractivity contribution is 14.0. The van der Waals surface area contributed by atoms with Crippen molar-refractivity contribution in [3.8, 4) is 0 Å². The summed E-state index contributed by atoms with van der Waals surface area (Å²) in [6, 6.07) is 10.2. The summed E-state index contributed by atoms with van der Waals surface area (Å²) in [6.45, 7) is 2.78. The summed E-state index contributed by atoms with van der Waals surface area (Å²) in [4.78, 5) is 20.5. The number of guanidine groups is 1. The van der Waals surface area contributed by atoms with Gasteiger partial charge in [0.25, 0.3) is 0 Å². The summed E-state index contributed by atoms with van der Waals surface area (Å²) >= 11 is 0. The Labute approximate surface area is 187 Å². The number of hydrogen-bond donors (Lipinski definition) is 2. The van der Waals surface area contributed by atoms with E-state index >= 15 is 0 Å². The number of likely N-dealkylation sites (N-methyl/N-ethyl adjacent to an activating group) is 1. The highest BCUT2D eigenvalue weighted by Gasteiger charge is 2.34. The van der Waals surface area contributed by atoms with Crippen LogP contribution in [0.1, 0.15) is 31.2 Å². The van der Waals surface area contributed by atoms with Crippen LogP contribution in [0.5, 0.6) is 0 Å². The monoisotopic (exact) mass is 501 g/mol. The molecule has 0 unspecified atom stereocenters. The van der Waals surface area contributed by atoms with Crippen LogP contribution in [0.4, 0.5) is 0 Å². The Balaban J connectivity index is 0.00000392. The van der Waals surface area contributed by atoms with E-state index in [0.29, 0.717) is 12.5 Å². The van der Waals surface area contributed by atoms with Crippen LogP contribution in [0.2, 0.25) is 0 Å². The minimum Gasteiger partial charge on any atom is -0.356 e. The van der Waals surface area contributed by atoms with Gasteiger partial charge in [0.1, 0.15) is 0 Å². The maximum absolute atomic E-state index is 12.0. The van der Waals surface area contributed by atoms with Crippen molar-refractivity contribution in [2.24, 2.45) is 10.4 Å². The van der Waals surface area contributed by atoms with Crippen molar-refractivity contribution in [3.05, 3.63) is 35.9 Å². The van der Waals surface area contributed by atoms with Crippen LogP contribution in [0.3, 0.4) is 0 Å². The lowest BCUT2D eigenvalue weighted by Crippen LogP contribution is -2.48. The first-order valence-electron chi connectivity index (χ1n) is 9.81. The molecule has 2 rings (SSSR count). The normalized spacial score (nSPS) is 15.8. The van der Waals surface area contributed by atoms with Crippen LogP contribution < -0.4 is 10.6 Å². The molecule has 7 heteroatoms. The number of benzene rings is 1. The Kier molecular flexibility index (Phi) is 10.8. The molecule has 0 radical (unpaired) electrons. The van der Waals surface area contributed by atoms with Gasteiger partial charge in [0.2, 0.25) is 5.91 Å². The Morgan fingerprint density at radius 2 is 1.71 bits per heavy atom. The molecule has 28 heavy (non-hydrogen) atoms. The van der Waals surface area contributed by atoms with Crippen LogP contribution >= 0.6 is 24.0 Å². The Morgan fingerprint density at radius 3 is 2.29 bits per heavy atom. The first kappa shape index (κ1) is 24.7. The second-order valence-electron chi connectivity index (χ2n) is 8.09. The molecular formula is C21H36IN5O. The van der Waals surface area contributed by atoms with Crippen LogP contribution in [0, 0.1) is 5.41 Å². The largest absolute Gasteiger partial charge is 0.356 e. The number of carbonyl (C=O) groups is 1. The summed E-state index contributed by atoms with van der Waals surface area (Å²) in [6.07, 6.45) is 5.05. The summed E-state index contributed by atoms with van der Waals surface area (Å²) in [7, 11) is 7.81. The molecular weight excluding hydrogens is 465 g/mol. The van der Waals surface area contributed by atoms with Crippen LogP contribution in [0.15, 0.2) is 35.3 Å². The average molecular weight is 501 g/mol. The highest BCUT2D eigenvalue weighted by Crippen LogP contribution is 2.37. The van der Waals surface area contributed by atoms with Crippen molar-refractivity contribution in [2.75, 3.05) is 47.8 Å². The van der Waals surface area contributed by atoms with Crippen molar-refractivity contribution < 1.29 is 4.79 Å². The van der Waals surface area contributed by atoms with Gasteiger partial charge in [-0.1, -0.05) is 43.2 Å². The summed E-state index contributed by atoms with van der Waals surface area (Å²) in [5, 5.41) is 6.71. The lowest BCUT2D eigenvalue weighted by molar-refractivity contribution is -0.127. The molecule has 0 aromatic heterocycles. The van der Waals surface area contributed by atoms with E-state index in [-0.39, 0.29) is 41.8 Å². The van der Waals surface area contributed by atoms with Crippen LogP contribution in [0.25, 0.3) is 0 Å². The maximum atomic E-state index is 12.0. The van der Waals surface area contributed by atoms with E-state index in [1.807, 2.05) is 18.2 Å². The average Bonchev–Trinajstić information content (AvgIpc) is 3.09. The van der Waals surface area contributed by atoms with E-state index in [4.69, 9.17) is 4.99 Å². The highest BCUT2D eigenvalue weighted by atomic mass is 127. The van der Waals surface area contributed by atoms with E-state index in [1.165, 1.54) is 25.7 Å². The molecule has 1 aliphatic rings. The topological polar surface area (TPSA) is 60.0 Å². The molecule has 0 atom stereocenters. The molecule has 6 nitrogen and oxygen atoms in total. The molecule has 0 aliphatic heterocycles. The van der Waals surface area contributed by atoms with Gasteiger partial charge in [0.05, 0.1) is 13.1 Å². The minimum absolute atomic E-state index is 0. The molecule has 0 spiro atoms. The van der Waals surface area contributed by atoms with Crippen molar-refractivity contribution in [1.29, 1.82) is 0 Å². The molecule has 2 N–H and O–H groups in total. The standard InChI is InChI=1S/C21H35N5O.HI/c1-25(2)17-21(12-8-9-13-21)16-24-20(23-15-19(27)26(3)4)22-14-18-10-6-5-7-11-18;/h5-7,10-11H,8-9,12-17H2,1-4H3,(H2,22,23,24);1H. The van der Waals surface area contributed by atoms with E-state index in [0.717, 1.165) is 18.7 Å². The fourth-order valence-electron chi connectivity index (χ4n) is 3.70. The number of hydrogen-bond acceptors (Lipinski definition) is 3. The van der Waals surface area contributed by atoms with E-state index in [2.05, 4.69) is 41.8 Å². The number of carbonyl (C=O) groups excluding carboxylic acids is 1.